The molecule has 0 radical (unpaired) electrons. The molecule has 0 saturated carbocycles. The number of aromatic nitrogens is 1. The van der Waals surface area contributed by atoms with Crippen LogP contribution < -0.4 is 16.0 Å². The number of nitrogens with two attached hydrogens (primary N) is 1. The van der Waals surface area contributed by atoms with Crippen molar-refractivity contribution in [2.45, 2.75) is 24.7 Å². The number of amides is 2. The summed E-state index contributed by atoms with van der Waals surface area (Å²) in [7, 11) is 0. The summed E-state index contributed by atoms with van der Waals surface area (Å²) in [5, 5.41) is 6.41. The number of hydrogen-bond donors (Lipinski definition) is 2. The van der Waals surface area contributed by atoms with Gasteiger partial charge in [-0.2, -0.15) is 0 Å². The smallest absolute Gasteiger partial charge is 0.260 e. The zero-order valence-corrected chi connectivity index (χ0v) is 16.6. The second-order valence-corrected chi connectivity index (χ2v) is 7.37. The van der Waals surface area contributed by atoms with E-state index in [9.17, 15) is 9.59 Å². The molecular formula is C18H22Cl2N4O3. The summed E-state index contributed by atoms with van der Waals surface area (Å²) in [5.41, 5.74) is 7.14. The van der Waals surface area contributed by atoms with E-state index in [-0.39, 0.29) is 24.9 Å². The number of carbonyl (C=O) groups excluding carboxylic acids is 2. The van der Waals surface area contributed by atoms with E-state index in [1.165, 1.54) is 11.1 Å². The zero-order chi connectivity index (χ0) is 20.0. The van der Waals surface area contributed by atoms with Crippen LogP contribution in [0.3, 0.4) is 0 Å². The fourth-order valence-electron chi connectivity index (χ4n) is 2.39. The first kappa shape index (κ1) is 21.2. The first-order valence-corrected chi connectivity index (χ1v) is 9.32. The summed E-state index contributed by atoms with van der Waals surface area (Å²) in [6, 6.07) is 8.21. The number of rotatable bonds is 8. The number of alkyl halides is 2. The Labute approximate surface area is 167 Å². The number of nitrogens with one attached hydrogen (secondary N) is 1. The Hall–Kier alpha value is -2.09. The van der Waals surface area contributed by atoms with Gasteiger partial charge in [-0.05, 0) is 18.1 Å². The molecule has 0 spiro atoms. The number of halogens is 2. The van der Waals surface area contributed by atoms with Gasteiger partial charge in [0.25, 0.3) is 5.91 Å². The summed E-state index contributed by atoms with van der Waals surface area (Å²) in [4.78, 5) is 24.6. The van der Waals surface area contributed by atoms with Gasteiger partial charge >= 0.3 is 0 Å². The van der Waals surface area contributed by atoms with E-state index >= 15 is 0 Å². The van der Waals surface area contributed by atoms with Gasteiger partial charge in [0.15, 0.2) is 10.6 Å². The average molecular weight is 413 g/mol. The molecule has 2 amide bonds. The van der Waals surface area contributed by atoms with E-state index in [2.05, 4.69) is 10.5 Å². The van der Waals surface area contributed by atoms with Crippen LogP contribution in [0.4, 0.5) is 5.69 Å². The molecular weight excluding hydrogens is 391 g/mol. The van der Waals surface area contributed by atoms with Gasteiger partial charge in [-0.25, -0.2) is 0 Å². The van der Waals surface area contributed by atoms with Crippen molar-refractivity contribution in [1.82, 2.24) is 10.5 Å². The molecule has 0 bridgehead atoms. The third-order valence-electron chi connectivity index (χ3n) is 3.99. The molecule has 2 rings (SSSR count). The van der Waals surface area contributed by atoms with Crippen molar-refractivity contribution in [3.05, 3.63) is 36.5 Å². The minimum atomic E-state index is -1.23. The van der Waals surface area contributed by atoms with Crippen LogP contribution in [0, 0.1) is 5.92 Å². The Morgan fingerprint density at radius 2 is 2.04 bits per heavy atom. The molecule has 3 N–H and O–H groups in total. The normalized spacial score (nSPS) is 12.3. The molecule has 1 aromatic heterocycles. The Morgan fingerprint density at radius 1 is 1.30 bits per heavy atom. The van der Waals surface area contributed by atoms with Crippen LogP contribution in [0.25, 0.3) is 11.3 Å². The number of nitrogens with zero attached hydrogens (tertiary/aromatic N) is 2. The fourth-order valence-corrected chi connectivity index (χ4v) is 2.62. The van der Waals surface area contributed by atoms with Crippen molar-refractivity contribution in [2.24, 2.45) is 11.7 Å². The van der Waals surface area contributed by atoms with Crippen molar-refractivity contribution >= 4 is 40.7 Å². The lowest BCUT2D eigenvalue weighted by Gasteiger charge is -2.24. The van der Waals surface area contributed by atoms with Crippen LogP contribution in [0.15, 0.2) is 41.1 Å². The van der Waals surface area contributed by atoms with Crippen LogP contribution in [-0.2, 0) is 9.59 Å². The predicted molar refractivity (Wildman–Crippen MR) is 106 cm³/mol. The number of anilines is 1. The SMILES string of the molecule is CC(C)C(N)C(=O)NCCN(C(=O)C(Cl)Cl)c1cccc(-c2ccno2)c1. The van der Waals surface area contributed by atoms with Gasteiger partial charge in [0.2, 0.25) is 5.91 Å². The number of hydrogen-bond acceptors (Lipinski definition) is 5. The van der Waals surface area contributed by atoms with Crippen molar-refractivity contribution in [3.63, 3.8) is 0 Å². The first-order chi connectivity index (χ1) is 12.8. The van der Waals surface area contributed by atoms with E-state index in [0.717, 1.165) is 5.56 Å². The average Bonchev–Trinajstić information content (AvgIpc) is 3.18. The van der Waals surface area contributed by atoms with Crippen LogP contribution in [0.1, 0.15) is 13.8 Å². The van der Waals surface area contributed by atoms with Gasteiger partial charge in [-0.1, -0.05) is 54.3 Å². The summed E-state index contributed by atoms with van der Waals surface area (Å²) < 4.78 is 5.15. The Morgan fingerprint density at radius 3 is 2.63 bits per heavy atom. The van der Waals surface area contributed by atoms with Crippen LogP contribution in [0.2, 0.25) is 0 Å². The Balaban J connectivity index is 2.14. The predicted octanol–water partition coefficient (Wildman–Crippen LogP) is 2.58. The molecule has 0 fully saturated rings. The lowest BCUT2D eigenvalue weighted by atomic mass is 10.1. The highest BCUT2D eigenvalue weighted by molar-refractivity contribution is 6.54. The molecule has 0 aliphatic carbocycles. The molecule has 1 unspecified atom stereocenters. The van der Waals surface area contributed by atoms with Gasteiger partial charge in [0.1, 0.15) is 0 Å². The maximum absolute atomic E-state index is 12.4. The summed E-state index contributed by atoms with van der Waals surface area (Å²) in [5.74, 6) is -0.193. The van der Waals surface area contributed by atoms with Crippen molar-refractivity contribution in [2.75, 3.05) is 18.0 Å². The minimum absolute atomic E-state index is 0.0105. The third-order valence-corrected chi connectivity index (χ3v) is 4.36. The molecule has 1 atom stereocenters. The van der Waals surface area contributed by atoms with Gasteiger partial charge < -0.3 is 20.5 Å². The number of carbonyl (C=O) groups is 2. The molecule has 1 heterocycles. The molecule has 146 valence electrons. The molecule has 0 aliphatic heterocycles. The third kappa shape index (κ3) is 5.69. The second-order valence-electron chi connectivity index (χ2n) is 6.28. The van der Waals surface area contributed by atoms with E-state index in [1.807, 2.05) is 19.9 Å². The molecule has 0 aliphatic rings. The maximum atomic E-state index is 12.4. The standard InChI is InChI=1S/C18H22Cl2N4O3/c1-11(2)15(21)17(25)22-8-9-24(18(26)16(19)20)13-5-3-4-12(10-13)14-6-7-23-27-14/h3-7,10-11,15-16H,8-9,21H2,1-2H3,(H,22,25). The van der Waals surface area contributed by atoms with Crippen molar-refractivity contribution in [1.29, 1.82) is 0 Å². The minimum Gasteiger partial charge on any atom is -0.356 e. The topological polar surface area (TPSA) is 101 Å². The molecule has 0 saturated heterocycles. The van der Waals surface area contributed by atoms with Gasteiger partial charge in [-0.15, -0.1) is 0 Å². The lowest BCUT2D eigenvalue weighted by molar-refractivity contribution is -0.123. The summed E-state index contributed by atoms with van der Waals surface area (Å²) in [6.45, 7) is 4.12. The monoisotopic (exact) mass is 412 g/mol. The fraction of sp³-hybridized carbons (Fsp3) is 0.389. The van der Waals surface area contributed by atoms with E-state index in [1.54, 1.807) is 24.3 Å². The zero-order valence-electron chi connectivity index (χ0n) is 15.1. The van der Waals surface area contributed by atoms with Crippen molar-refractivity contribution < 1.29 is 14.1 Å². The number of benzene rings is 1. The maximum Gasteiger partial charge on any atom is 0.260 e. The first-order valence-electron chi connectivity index (χ1n) is 8.45. The Kier molecular flexibility index (Phi) is 7.65. The van der Waals surface area contributed by atoms with Crippen LogP contribution >= 0.6 is 23.2 Å². The van der Waals surface area contributed by atoms with Gasteiger partial charge in [0, 0.05) is 30.4 Å². The van der Waals surface area contributed by atoms with Gasteiger partial charge in [0.05, 0.1) is 12.2 Å². The highest BCUT2D eigenvalue weighted by Crippen LogP contribution is 2.25. The molecule has 7 nitrogen and oxygen atoms in total. The van der Waals surface area contributed by atoms with E-state index < -0.39 is 16.8 Å². The molecule has 1 aromatic carbocycles. The summed E-state index contributed by atoms with van der Waals surface area (Å²) in [6.07, 6.45) is 1.53. The van der Waals surface area contributed by atoms with Crippen LogP contribution in [0.5, 0.6) is 0 Å². The highest BCUT2D eigenvalue weighted by atomic mass is 35.5. The van der Waals surface area contributed by atoms with Crippen molar-refractivity contribution in [3.8, 4) is 11.3 Å². The van der Waals surface area contributed by atoms with Gasteiger partial charge in [-0.3, -0.25) is 9.59 Å². The summed E-state index contributed by atoms with van der Waals surface area (Å²) >= 11 is 11.6. The molecule has 27 heavy (non-hydrogen) atoms. The molecule has 2 aromatic rings. The second kappa shape index (κ2) is 9.73. The van der Waals surface area contributed by atoms with E-state index in [0.29, 0.717) is 11.4 Å². The van der Waals surface area contributed by atoms with Crippen LogP contribution in [-0.4, -0.2) is 40.9 Å². The highest BCUT2D eigenvalue weighted by Gasteiger charge is 2.23. The quantitative estimate of drug-likeness (QED) is 0.648. The lowest BCUT2D eigenvalue weighted by Crippen LogP contribution is -2.47. The van der Waals surface area contributed by atoms with E-state index in [4.69, 9.17) is 33.5 Å². The Bertz CT molecular complexity index is 766. The molecule has 9 heteroatoms. The largest absolute Gasteiger partial charge is 0.356 e.